The zero-order chi connectivity index (χ0) is 9.68. The molecule has 3 nitrogen and oxygen atoms in total. The smallest absolute Gasteiger partial charge is 0.222 e. The number of carbonyl (C=O) groups is 1. The van der Waals surface area contributed by atoms with Crippen LogP contribution in [0, 0.1) is 5.92 Å². The first-order valence-electron chi connectivity index (χ1n) is 5.16. The molecular weight excluding hydrogens is 166 g/mol. The van der Waals surface area contributed by atoms with Crippen LogP contribution in [0.1, 0.15) is 32.6 Å². The molecule has 0 saturated carbocycles. The number of rotatable bonds is 4. The largest absolute Gasteiger partial charge is 0.396 e. The van der Waals surface area contributed by atoms with Gasteiger partial charge >= 0.3 is 0 Å². The van der Waals surface area contributed by atoms with Crippen LogP contribution >= 0.6 is 0 Å². The van der Waals surface area contributed by atoms with Crippen molar-refractivity contribution >= 4 is 5.91 Å². The van der Waals surface area contributed by atoms with E-state index in [-0.39, 0.29) is 12.5 Å². The number of hydrogen-bond acceptors (Lipinski definition) is 2. The predicted molar refractivity (Wildman–Crippen MR) is 51.3 cm³/mol. The van der Waals surface area contributed by atoms with Gasteiger partial charge in [0.15, 0.2) is 0 Å². The topological polar surface area (TPSA) is 40.5 Å². The Bertz CT molecular complexity index is 170. The molecule has 0 radical (unpaired) electrons. The molecule has 1 atom stereocenters. The summed E-state index contributed by atoms with van der Waals surface area (Å²) in [5.41, 5.74) is 0. The Morgan fingerprint density at radius 1 is 1.62 bits per heavy atom. The van der Waals surface area contributed by atoms with Gasteiger partial charge in [0, 0.05) is 26.1 Å². The summed E-state index contributed by atoms with van der Waals surface area (Å²) in [6.07, 6.45) is 3.51. The van der Waals surface area contributed by atoms with Gasteiger partial charge < -0.3 is 10.0 Å². The average molecular weight is 185 g/mol. The standard InChI is InChI=1S/C10H19NO2/c1-2-3-10(13)11-6-4-9(8-11)5-7-12/h9,12H,2-8H2,1H3. The van der Waals surface area contributed by atoms with E-state index in [1.54, 1.807) is 0 Å². The SMILES string of the molecule is CCCC(=O)N1CCC(CCO)C1. The van der Waals surface area contributed by atoms with Gasteiger partial charge in [0.2, 0.25) is 5.91 Å². The molecule has 0 aromatic carbocycles. The average Bonchev–Trinajstić information content (AvgIpc) is 2.54. The number of aliphatic hydroxyl groups is 1. The first kappa shape index (κ1) is 10.5. The lowest BCUT2D eigenvalue weighted by atomic mass is 10.1. The molecule has 1 amide bonds. The number of likely N-dealkylation sites (tertiary alicyclic amines) is 1. The van der Waals surface area contributed by atoms with Crippen molar-refractivity contribution in [2.75, 3.05) is 19.7 Å². The summed E-state index contributed by atoms with van der Waals surface area (Å²) in [7, 11) is 0. The molecule has 0 aliphatic carbocycles. The van der Waals surface area contributed by atoms with E-state index in [1.807, 2.05) is 11.8 Å². The van der Waals surface area contributed by atoms with Gasteiger partial charge in [-0.2, -0.15) is 0 Å². The Hall–Kier alpha value is -0.570. The van der Waals surface area contributed by atoms with E-state index in [2.05, 4.69) is 0 Å². The summed E-state index contributed by atoms with van der Waals surface area (Å²) >= 11 is 0. The van der Waals surface area contributed by atoms with Crippen molar-refractivity contribution < 1.29 is 9.90 Å². The van der Waals surface area contributed by atoms with E-state index >= 15 is 0 Å². The van der Waals surface area contributed by atoms with Gasteiger partial charge in [-0.15, -0.1) is 0 Å². The van der Waals surface area contributed by atoms with E-state index < -0.39 is 0 Å². The Morgan fingerprint density at radius 2 is 2.38 bits per heavy atom. The van der Waals surface area contributed by atoms with E-state index in [9.17, 15) is 4.79 Å². The third-order valence-corrected chi connectivity index (χ3v) is 2.64. The first-order valence-corrected chi connectivity index (χ1v) is 5.16. The highest BCUT2D eigenvalue weighted by Gasteiger charge is 2.24. The van der Waals surface area contributed by atoms with E-state index in [0.717, 1.165) is 32.4 Å². The number of nitrogens with zero attached hydrogens (tertiary/aromatic N) is 1. The maximum Gasteiger partial charge on any atom is 0.222 e. The minimum Gasteiger partial charge on any atom is -0.396 e. The van der Waals surface area contributed by atoms with Crippen molar-refractivity contribution in [2.45, 2.75) is 32.6 Å². The third-order valence-electron chi connectivity index (χ3n) is 2.64. The lowest BCUT2D eigenvalue weighted by molar-refractivity contribution is -0.130. The van der Waals surface area contributed by atoms with Crippen LogP contribution in [-0.2, 0) is 4.79 Å². The van der Waals surface area contributed by atoms with Crippen LogP contribution in [0.2, 0.25) is 0 Å². The molecule has 1 N–H and O–H groups in total. The van der Waals surface area contributed by atoms with E-state index in [1.165, 1.54) is 0 Å². The highest BCUT2D eigenvalue weighted by molar-refractivity contribution is 5.76. The van der Waals surface area contributed by atoms with Crippen molar-refractivity contribution in [1.29, 1.82) is 0 Å². The van der Waals surface area contributed by atoms with Gasteiger partial charge in [-0.25, -0.2) is 0 Å². The molecule has 1 aliphatic rings. The molecule has 3 heteroatoms. The number of hydrogen-bond donors (Lipinski definition) is 1. The fraction of sp³-hybridized carbons (Fsp3) is 0.900. The molecule has 1 saturated heterocycles. The second-order valence-electron chi connectivity index (χ2n) is 3.76. The van der Waals surface area contributed by atoms with E-state index in [4.69, 9.17) is 5.11 Å². The van der Waals surface area contributed by atoms with Crippen LogP contribution in [0.4, 0.5) is 0 Å². The monoisotopic (exact) mass is 185 g/mol. The van der Waals surface area contributed by atoms with Crippen LogP contribution in [0.3, 0.4) is 0 Å². The summed E-state index contributed by atoms with van der Waals surface area (Å²) < 4.78 is 0. The summed E-state index contributed by atoms with van der Waals surface area (Å²) in [6.45, 7) is 4.03. The van der Waals surface area contributed by atoms with Crippen LogP contribution < -0.4 is 0 Å². The molecule has 1 fully saturated rings. The van der Waals surface area contributed by atoms with Crippen molar-refractivity contribution in [3.8, 4) is 0 Å². The van der Waals surface area contributed by atoms with Gasteiger partial charge in [-0.05, 0) is 25.2 Å². The lowest BCUT2D eigenvalue weighted by Crippen LogP contribution is -2.28. The maximum absolute atomic E-state index is 11.5. The van der Waals surface area contributed by atoms with Crippen LogP contribution in [-0.4, -0.2) is 35.6 Å². The molecule has 0 spiro atoms. The number of amides is 1. The van der Waals surface area contributed by atoms with Crippen molar-refractivity contribution in [2.24, 2.45) is 5.92 Å². The molecule has 1 aliphatic heterocycles. The fourth-order valence-electron chi connectivity index (χ4n) is 1.85. The van der Waals surface area contributed by atoms with Crippen LogP contribution in [0.5, 0.6) is 0 Å². The fourth-order valence-corrected chi connectivity index (χ4v) is 1.85. The zero-order valence-electron chi connectivity index (χ0n) is 8.33. The van der Waals surface area contributed by atoms with E-state index in [0.29, 0.717) is 12.3 Å². The van der Waals surface area contributed by atoms with Crippen LogP contribution in [0.15, 0.2) is 0 Å². The summed E-state index contributed by atoms with van der Waals surface area (Å²) in [5, 5.41) is 8.75. The van der Waals surface area contributed by atoms with Gasteiger partial charge in [-0.3, -0.25) is 4.79 Å². The molecule has 1 heterocycles. The molecule has 0 aromatic rings. The Labute approximate surface area is 79.7 Å². The second-order valence-corrected chi connectivity index (χ2v) is 3.76. The molecule has 1 rings (SSSR count). The summed E-state index contributed by atoms with van der Waals surface area (Å²) in [5.74, 6) is 0.814. The highest BCUT2D eigenvalue weighted by atomic mass is 16.3. The molecular formula is C10H19NO2. The summed E-state index contributed by atoms with van der Waals surface area (Å²) in [6, 6.07) is 0. The maximum atomic E-state index is 11.5. The van der Waals surface area contributed by atoms with Crippen molar-refractivity contribution in [1.82, 2.24) is 4.90 Å². The third kappa shape index (κ3) is 2.99. The molecule has 76 valence electrons. The number of carbonyl (C=O) groups excluding carboxylic acids is 1. The number of aliphatic hydroxyl groups excluding tert-OH is 1. The second kappa shape index (κ2) is 5.22. The Kier molecular flexibility index (Phi) is 4.22. The van der Waals surface area contributed by atoms with Crippen molar-refractivity contribution in [3.05, 3.63) is 0 Å². The quantitative estimate of drug-likeness (QED) is 0.710. The molecule has 13 heavy (non-hydrogen) atoms. The Balaban J connectivity index is 2.27. The lowest BCUT2D eigenvalue weighted by Gasteiger charge is -2.15. The normalized spacial score (nSPS) is 22.3. The van der Waals surface area contributed by atoms with Gasteiger partial charge in [0.05, 0.1) is 0 Å². The minimum absolute atomic E-state index is 0.250. The van der Waals surface area contributed by atoms with Crippen molar-refractivity contribution in [3.63, 3.8) is 0 Å². The van der Waals surface area contributed by atoms with Gasteiger partial charge in [0.1, 0.15) is 0 Å². The van der Waals surface area contributed by atoms with Gasteiger partial charge in [0.25, 0.3) is 0 Å². The molecule has 0 bridgehead atoms. The molecule has 1 unspecified atom stereocenters. The molecule has 0 aromatic heterocycles. The van der Waals surface area contributed by atoms with Crippen LogP contribution in [0.25, 0.3) is 0 Å². The van der Waals surface area contributed by atoms with Gasteiger partial charge in [-0.1, -0.05) is 6.92 Å². The first-order chi connectivity index (χ1) is 6.27. The highest BCUT2D eigenvalue weighted by Crippen LogP contribution is 2.19. The summed E-state index contributed by atoms with van der Waals surface area (Å²) in [4.78, 5) is 13.4. The predicted octanol–water partition coefficient (Wildman–Crippen LogP) is 1.02. The minimum atomic E-state index is 0.250. The zero-order valence-corrected chi connectivity index (χ0v) is 8.33. The Morgan fingerprint density at radius 3 is 3.00 bits per heavy atom.